The molecule has 1 saturated carbocycles. The first-order valence-corrected chi connectivity index (χ1v) is 11.4. The second-order valence-corrected chi connectivity index (χ2v) is 8.56. The molecule has 4 nitrogen and oxygen atoms in total. The van der Waals surface area contributed by atoms with Crippen LogP contribution in [-0.4, -0.2) is 19.1 Å². The number of anilines is 3. The number of rotatable bonds is 3. The molecule has 31 heavy (non-hydrogen) atoms. The number of para-hydroxylation sites is 1. The van der Waals surface area contributed by atoms with E-state index in [1.165, 1.54) is 43.2 Å². The van der Waals surface area contributed by atoms with E-state index in [0.29, 0.717) is 12.5 Å². The van der Waals surface area contributed by atoms with Gasteiger partial charge in [-0.15, -0.1) is 0 Å². The van der Waals surface area contributed by atoms with Gasteiger partial charge < -0.3 is 10.6 Å². The van der Waals surface area contributed by atoms with Crippen LogP contribution >= 0.6 is 0 Å². The van der Waals surface area contributed by atoms with Crippen LogP contribution < -0.4 is 15.5 Å². The van der Waals surface area contributed by atoms with Crippen molar-refractivity contribution in [2.45, 2.75) is 38.0 Å². The molecule has 0 saturated heterocycles. The predicted octanol–water partition coefficient (Wildman–Crippen LogP) is 6.87. The number of carbonyl (C=O) groups is 1. The minimum atomic E-state index is -0.0984. The van der Waals surface area contributed by atoms with E-state index in [1.54, 1.807) is 0 Å². The number of nitrogens with one attached hydrogen (secondary N) is 2. The number of benzene rings is 3. The Kier molecular flexibility index (Phi) is 5.61. The highest BCUT2D eigenvalue weighted by atomic mass is 16.2. The molecule has 5 rings (SSSR count). The first-order valence-electron chi connectivity index (χ1n) is 11.4. The summed E-state index contributed by atoms with van der Waals surface area (Å²) < 4.78 is 0. The smallest absolute Gasteiger partial charge is 0.326 e. The number of nitrogens with zero attached hydrogens (tertiary/aromatic N) is 1. The molecule has 3 aromatic carbocycles. The van der Waals surface area contributed by atoms with Crippen molar-refractivity contribution >= 4 is 23.1 Å². The summed E-state index contributed by atoms with van der Waals surface area (Å²) >= 11 is 0. The van der Waals surface area contributed by atoms with E-state index >= 15 is 0 Å². The van der Waals surface area contributed by atoms with Crippen LogP contribution in [0.5, 0.6) is 0 Å². The molecule has 0 atom stereocenters. The quantitative estimate of drug-likeness (QED) is 0.494. The van der Waals surface area contributed by atoms with Crippen LogP contribution in [0.15, 0.2) is 72.8 Å². The van der Waals surface area contributed by atoms with Crippen molar-refractivity contribution in [1.29, 1.82) is 0 Å². The summed E-state index contributed by atoms with van der Waals surface area (Å²) in [6, 6.07) is 24.9. The van der Waals surface area contributed by atoms with E-state index in [4.69, 9.17) is 0 Å². The lowest BCUT2D eigenvalue weighted by Gasteiger charge is -2.31. The van der Waals surface area contributed by atoms with Crippen molar-refractivity contribution in [3.8, 4) is 11.1 Å². The molecular formula is C27H29N3O. The van der Waals surface area contributed by atoms with Gasteiger partial charge in [0.1, 0.15) is 0 Å². The Bertz CT molecular complexity index is 1040. The third-order valence-electron chi connectivity index (χ3n) is 6.53. The van der Waals surface area contributed by atoms with E-state index in [0.717, 1.165) is 29.2 Å². The molecule has 2 amide bonds. The molecule has 0 aromatic heterocycles. The molecule has 2 aliphatic rings. The Balaban J connectivity index is 1.38. The summed E-state index contributed by atoms with van der Waals surface area (Å²) in [7, 11) is 0. The molecule has 1 aliphatic heterocycles. The van der Waals surface area contributed by atoms with E-state index in [2.05, 4.69) is 53.1 Å². The minimum absolute atomic E-state index is 0.0984. The summed E-state index contributed by atoms with van der Waals surface area (Å²) in [5.41, 5.74) is 6.52. The number of carbonyl (C=O) groups excluding carboxylic acids is 1. The van der Waals surface area contributed by atoms with Crippen molar-refractivity contribution in [3.05, 3.63) is 78.4 Å². The number of fused-ring (bicyclic) bond motifs is 1. The molecule has 0 unspecified atom stereocenters. The molecule has 4 heteroatoms. The maximum atomic E-state index is 13.0. The van der Waals surface area contributed by atoms with Gasteiger partial charge in [0.15, 0.2) is 0 Å². The monoisotopic (exact) mass is 411 g/mol. The zero-order chi connectivity index (χ0) is 21.0. The van der Waals surface area contributed by atoms with Gasteiger partial charge in [-0.3, -0.25) is 4.90 Å². The Hall–Kier alpha value is -3.27. The van der Waals surface area contributed by atoms with Gasteiger partial charge in [-0.25, -0.2) is 4.79 Å². The second-order valence-electron chi connectivity index (χ2n) is 8.56. The molecule has 3 aromatic rings. The van der Waals surface area contributed by atoms with Crippen molar-refractivity contribution < 1.29 is 4.79 Å². The Morgan fingerprint density at radius 1 is 0.871 bits per heavy atom. The summed E-state index contributed by atoms with van der Waals surface area (Å²) in [6.45, 7) is 1.38. The minimum Gasteiger partial charge on any atom is -0.382 e. The lowest BCUT2D eigenvalue weighted by atomic mass is 9.83. The SMILES string of the molecule is O=C(Nc1ccccc1)N1CCNc2ccc(-c3ccc(C4CCCCC4)cc3)cc21. The number of urea groups is 1. The van der Waals surface area contributed by atoms with E-state index in [1.807, 2.05) is 35.2 Å². The van der Waals surface area contributed by atoms with Gasteiger partial charge in [-0.2, -0.15) is 0 Å². The fraction of sp³-hybridized carbons (Fsp3) is 0.296. The average Bonchev–Trinajstić information content (AvgIpc) is 2.84. The van der Waals surface area contributed by atoms with E-state index in [-0.39, 0.29) is 6.03 Å². The maximum absolute atomic E-state index is 13.0. The van der Waals surface area contributed by atoms with Gasteiger partial charge in [0.25, 0.3) is 0 Å². The summed E-state index contributed by atoms with van der Waals surface area (Å²) in [6.07, 6.45) is 6.72. The zero-order valence-electron chi connectivity index (χ0n) is 17.8. The number of hydrogen-bond donors (Lipinski definition) is 2. The van der Waals surface area contributed by atoms with Crippen molar-refractivity contribution in [2.75, 3.05) is 28.6 Å². The van der Waals surface area contributed by atoms with Crippen LogP contribution in [0.4, 0.5) is 21.9 Å². The molecule has 0 radical (unpaired) electrons. The molecule has 1 heterocycles. The Labute approximate surface area is 184 Å². The maximum Gasteiger partial charge on any atom is 0.326 e. The van der Waals surface area contributed by atoms with Gasteiger partial charge in [-0.05, 0) is 59.7 Å². The van der Waals surface area contributed by atoms with E-state index < -0.39 is 0 Å². The van der Waals surface area contributed by atoms with Crippen molar-refractivity contribution in [2.24, 2.45) is 0 Å². The van der Waals surface area contributed by atoms with Gasteiger partial charge in [0.2, 0.25) is 0 Å². The third kappa shape index (κ3) is 4.29. The zero-order valence-corrected chi connectivity index (χ0v) is 17.8. The van der Waals surface area contributed by atoms with Gasteiger partial charge in [0.05, 0.1) is 11.4 Å². The Morgan fingerprint density at radius 2 is 1.61 bits per heavy atom. The fourth-order valence-electron chi connectivity index (χ4n) is 4.81. The third-order valence-corrected chi connectivity index (χ3v) is 6.53. The fourth-order valence-corrected chi connectivity index (χ4v) is 4.81. The molecule has 1 aliphatic carbocycles. The highest BCUT2D eigenvalue weighted by Gasteiger charge is 2.23. The summed E-state index contributed by atoms with van der Waals surface area (Å²) in [5, 5.41) is 6.44. The Morgan fingerprint density at radius 3 is 2.39 bits per heavy atom. The van der Waals surface area contributed by atoms with E-state index in [9.17, 15) is 4.79 Å². The van der Waals surface area contributed by atoms with Crippen LogP contribution in [0.1, 0.15) is 43.6 Å². The van der Waals surface area contributed by atoms with Crippen LogP contribution in [0.25, 0.3) is 11.1 Å². The normalized spacial score (nSPS) is 16.3. The van der Waals surface area contributed by atoms with Crippen LogP contribution in [0, 0.1) is 0 Å². The lowest BCUT2D eigenvalue weighted by Crippen LogP contribution is -2.41. The summed E-state index contributed by atoms with van der Waals surface area (Å²) in [4.78, 5) is 14.8. The largest absolute Gasteiger partial charge is 0.382 e. The molecular weight excluding hydrogens is 382 g/mol. The van der Waals surface area contributed by atoms with Crippen LogP contribution in [-0.2, 0) is 0 Å². The molecule has 158 valence electrons. The number of hydrogen-bond acceptors (Lipinski definition) is 2. The van der Waals surface area contributed by atoms with Gasteiger partial charge >= 0.3 is 6.03 Å². The predicted molar refractivity (Wildman–Crippen MR) is 129 cm³/mol. The average molecular weight is 412 g/mol. The molecule has 0 spiro atoms. The highest BCUT2D eigenvalue weighted by molar-refractivity contribution is 6.05. The standard InChI is InChI=1S/C27H29N3O/c31-27(29-24-9-5-2-6-10-24)30-18-17-28-25-16-15-23(19-26(25)30)22-13-11-21(12-14-22)20-7-3-1-4-8-20/h2,5-6,9-16,19-20,28H,1,3-4,7-8,17-18H2,(H,29,31). The number of amides is 2. The second kappa shape index (κ2) is 8.84. The van der Waals surface area contributed by atoms with Crippen molar-refractivity contribution in [1.82, 2.24) is 0 Å². The lowest BCUT2D eigenvalue weighted by molar-refractivity contribution is 0.257. The molecule has 0 bridgehead atoms. The van der Waals surface area contributed by atoms with Crippen molar-refractivity contribution in [3.63, 3.8) is 0 Å². The van der Waals surface area contributed by atoms with Gasteiger partial charge in [-0.1, -0.05) is 67.8 Å². The van der Waals surface area contributed by atoms with Crippen LogP contribution in [0.3, 0.4) is 0 Å². The summed E-state index contributed by atoms with van der Waals surface area (Å²) in [5.74, 6) is 0.715. The molecule has 2 N–H and O–H groups in total. The van der Waals surface area contributed by atoms with Gasteiger partial charge in [0, 0.05) is 18.8 Å². The molecule has 1 fully saturated rings. The first kappa shape index (κ1) is 19.7. The topological polar surface area (TPSA) is 44.4 Å². The first-order chi connectivity index (χ1) is 15.3. The van der Waals surface area contributed by atoms with Crippen LogP contribution in [0.2, 0.25) is 0 Å². The highest BCUT2D eigenvalue weighted by Crippen LogP contribution is 2.36.